The highest BCUT2D eigenvalue weighted by Crippen LogP contribution is 2.21. The first-order valence-electron chi connectivity index (χ1n) is 9.08. The number of likely N-dealkylation sites (N-methyl/N-ethyl adjacent to an activating group) is 1. The van der Waals surface area contributed by atoms with Crippen LogP contribution in [0.2, 0.25) is 0 Å². The number of nitrogens with one attached hydrogen (secondary N) is 1. The fraction of sp³-hybridized carbons (Fsp3) is 0.882. The molecule has 0 saturated carbocycles. The molecule has 2 atom stereocenters. The molecular formula is C17H33IN4O3. The van der Waals surface area contributed by atoms with E-state index in [1.807, 2.05) is 0 Å². The maximum Gasteiger partial charge on any atom is 0.243 e. The lowest BCUT2D eigenvalue weighted by Crippen LogP contribution is -2.53. The normalized spacial score (nSPS) is 24.0. The minimum absolute atomic E-state index is 0. The Bertz CT molecular complexity index is 428. The van der Waals surface area contributed by atoms with Crippen molar-refractivity contribution in [3.63, 3.8) is 0 Å². The number of hydrogen-bond donors (Lipinski definition) is 1. The van der Waals surface area contributed by atoms with E-state index >= 15 is 0 Å². The second-order valence-corrected chi connectivity index (χ2v) is 6.62. The molecule has 0 bridgehead atoms. The molecule has 2 unspecified atom stereocenters. The summed E-state index contributed by atoms with van der Waals surface area (Å²) in [5.41, 5.74) is 0. The first kappa shape index (κ1) is 22.4. The molecule has 0 aromatic rings. The van der Waals surface area contributed by atoms with Crippen LogP contribution in [0.15, 0.2) is 4.99 Å². The Morgan fingerprint density at radius 3 is 2.68 bits per heavy atom. The summed E-state index contributed by atoms with van der Waals surface area (Å²) >= 11 is 0. The molecule has 0 aliphatic carbocycles. The van der Waals surface area contributed by atoms with Crippen LogP contribution in [-0.4, -0.2) is 87.4 Å². The Labute approximate surface area is 168 Å². The van der Waals surface area contributed by atoms with Crippen LogP contribution < -0.4 is 5.32 Å². The zero-order chi connectivity index (χ0) is 17.4. The molecule has 7 nitrogen and oxygen atoms in total. The average Bonchev–Trinajstić information content (AvgIpc) is 3.12. The van der Waals surface area contributed by atoms with Crippen molar-refractivity contribution >= 4 is 35.8 Å². The van der Waals surface area contributed by atoms with Gasteiger partial charge in [-0.15, -0.1) is 24.0 Å². The van der Waals surface area contributed by atoms with Gasteiger partial charge in [0.15, 0.2) is 5.96 Å². The van der Waals surface area contributed by atoms with Crippen LogP contribution in [0.4, 0.5) is 0 Å². The number of carbonyl (C=O) groups excluding carboxylic acids is 1. The molecule has 0 spiro atoms. The minimum atomic E-state index is 0. The Morgan fingerprint density at radius 1 is 1.28 bits per heavy atom. The van der Waals surface area contributed by atoms with Gasteiger partial charge in [0.1, 0.15) is 12.6 Å². The minimum Gasteiger partial charge on any atom is -0.375 e. The number of guanidine groups is 1. The molecule has 2 rings (SSSR count). The average molecular weight is 468 g/mol. The number of halogens is 1. The predicted molar refractivity (Wildman–Crippen MR) is 110 cm³/mol. The summed E-state index contributed by atoms with van der Waals surface area (Å²) in [6.07, 6.45) is 4.65. The van der Waals surface area contributed by atoms with Crippen LogP contribution in [0.1, 0.15) is 32.6 Å². The molecule has 25 heavy (non-hydrogen) atoms. The predicted octanol–water partition coefficient (Wildman–Crippen LogP) is 1.32. The van der Waals surface area contributed by atoms with E-state index < -0.39 is 0 Å². The highest BCUT2D eigenvalue weighted by atomic mass is 127. The van der Waals surface area contributed by atoms with Gasteiger partial charge in [0.25, 0.3) is 0 Å². The smallest absolute Gasteiger partial charge is 0.243 e. The van der Waals surface area contributed by atoms with Gasteiger partial charge in [0.2, 0.25) is 5.91 Å². The van der Waals surface area contributed by atoms with Gasteiger partial charge in [-0.3, -0.25) is 4.79 Å². The highest BCUT2D eigenvalue weighted by Gasteiger charge is 2.32. The van der Waals surface area contributed by atoms with Crippen molar-refractivity contribution in [2.45, 2.75) is 44.8 Å². The molecule has 2 heterocycles. The summed E-state index contributed by atoms with van der Waals surface area (Å²) in [4.78, 5) is 20.2. The molecule has 0 aromatic carbocycles. The molecule has 1 amide bonds. The van der Waals surface area contributed by atoms with Crippen molar-refractivity contribution in [1.82, 2.24) is 15.1 Å². The number of amides is 1. The number of ether oxygens (including phenoxy) is 2. The Kier molecular flexibility index (Phi) is 10.7. The first-order chi connectivity index (χ1) is 11.6. The first-order valence-corrected chi connectivity index (χ1v) is 9.08. The quantitative estimate of drug-likeness (QED) is 0.276. The summed E-state index contributed by atoms with van der Waals surface area (Å²) in [5, 5.41) is 3.40. The van der Waals surface area contributed by atoms with Gasteiger partial charge in [-0.05, 0) is 19.3 Å². The van der Waals surface area contributed by atoms with E-state index in [0.717, 1.165) is 57.9 Å². The van der Waals surface area contributed by atoms with Crippen LogP contribution in [0.3, 0.4) is 0 Å². The fourth-order valence-corrected chi connectivity index (χ4v) is 2.92. The summed E-state index contributed by atoms with van der Waals surface area (Å²) in [6.45, 7) is 6.25. The van der Waals surface area contributed by atoms with Crippen LogP contribution in [0, 0.1) is 0 Å². The summed E-state index contributed by atoms with van der Waals surface area (Å²) in [7, 11) is 3.51. The van der Waals surface area contributed by atoms with Crippen molar-refractivity contribution in [3.8, 4) is 0 Å². The van der Waals surface area contributed by atoms with Crippen LogP contribution in [0.5, 0.6) is 0 Å². The van der Waals surface area contributed by atoms with E-state index in [1.165, 1.54) is 0 Å². The molecule has 1 N–H and O–H groups in total. The van der Waals surface area contributed by atoms with Crippen LogP contribution in [-0.2, 0) is 14.3 Å². The number of morpholine rings is 1. The third-order valence-corrected chi connectivity index (χ3v) is 4.45. The van der Waals surface area contributed by atoms with Gasteiger partial charge in [-0.25, -0.2) is 4.99 Å². The Hall–Kier alpha value is -0.610. The van der Waals surface area contributed by atoms with Crippen LogP contribution in [0.25, 0.3) is 0 Å². The zero-order valence-electron chi connectivity index (χ0n) is 15.7. The zero-order valence-corrected chi connectivity index (χ0v) is 18.0. The topological polar surface area (TPSA) is 66.4 Å². The number of aliphatic imine (C=N–C) groups is 1. The number of unbranched alkanes of at least 4 members (excludes halogenated alkanes) is 1. The Morgan fingerprint density at radius 2 is 2.04 bits per heavy atom. The van der Waals surface area contributed by atoms with E-state index in [-0.39, 0.29) is 48.6 Å². The van der Waals surface area contributed by atoms with Gasteiger partial charge in [-0.1, -0.05) is 13.3 Å². The lowest BCUT2D eigenvalue weighted by molar-refractivity contribution is -0.127. The van der Waals surface area contributed by atoms with Gasteiger partial charge < -0.3 is 24.6 Å². The van der Waals surface area contributed by atoms with Crippen molar-refractivity contribution in [2.24, 2.45) is 4.99 Å². The van der Waals surface area contributed by atoms with E-state index in [9.17, 15) is 4.79 Å². The van der Waals surface area contributed by atoms with Crippen molar-refractivity contribution in [1.29, 1.82) is 0 Å². The summed E-state index contributed by atoms with van der Waals surface area (Å²) in [5.74, 6) is 0.818. The third-order valence-electron chi connectivity index (χ3n) is 4.45. The van der Waals surface area contributed by atoms with E-state index in [2.05, 4.69) is 22.1 Å². The van der Waals surface area contributed by atoms with Gasteiger partial charge in [0.05, 0.1) is 12.7 Å². The molecular weight excluding hydrogens is 435 g/mol. The van der Waals surface area contributed by atoms with E-state index in [0.29, 0.717) is 6.61 Å². The molecule has 2 saturated heterocycles. The monoisotopic (exact) mass is 468 g/mol. The molecule has 2 aliphatic heterocycles. The molecule has 0 radical (unpaired) electrons. The number of carbonyl (C=O) groups is 1. The molecule has 2 aliphatic rings. The fourth-order valence-electron chi connectivity index (χ4n) is 2.92. The summed E-state index contributed by atoms with van der Waals surface area (Å²) < 4.78 is 11.7. The largest absolute Gasteiger partial charge is 0.375 e. The molecule has 0 aromatic heterocycles. The van der Waals surface area contributed by atoms with Gasteiger partial charge >= 0.3 is 0 Å². The lowest BCUT2D eigenvalue weighted by Gasteiger charge is -2.37. The molecule has 2 fully saturated rings. The number of nitrogens with zero attached hydrogens (tertiary/aromatic N) is 3. The van der Waals surface area contributed by atoms with E-state index in [4.69, 9.17) is 9.47 Å². The molecule has 8 heteroatoms. The van der Waals surface area contributed by atoms with Gasteiger partial charge in [0, 0.05) is 40.3 Å². The lowest BCUT2D eigenvalue weighted by atomic mass is 10.1. The van der Waals surface area contributed by atoms with E-state index in [1.54, 1.807) is 19.0 Å². The second-order valence-electron chi connectivity index (χ2n) is 6.62. The standard InChI is InChI=1S/C17H32N4O3.HI/c1-4-5-8-18-17(19-12-16(22)20(2)3)21-9-11-24-15(13-21)14-7-6-10-23-14;/h14-15H,4-13H2,1-3H3,(H,18,19);1H. The van der Waals surface area contributed by atoms with Crippen molar-refractivity contribution in [3.05, 3.63) is 0 Å². The van der Waals surface area contributed by atoms with Gasteiger partial charge in [-0.2, -0.15) is 0 Å². The Balaban J connectivity index is 0.00000312. The number of rotatable bonds is 6. The SMILES string of the molecule is CCCCNC(=NCC(=O)N(C)C)N1CCOC(C2CCCO2)C1.I. The third kappa shape index (κ3) is 7.26. The van der Waals surface area contributed by atoms with Crippen LogP contribution >= 0.6 is 24.0 Å². The summed E-state index contributed by atoms with van der Waals surface area (Å²) in [6, 6.07) is 0. The maximum atomic E-state index is 11.9. The maximum absolute atomic E-state index is 11.9. The van der Waals surface area contributed by atoms with Crippen molar-refractivity contribution < 1.29 is 14.3 Å². The van der Waals surface area contributed by atoms with Crippen molar-refractivity contribution in [2.75, 3.05) is 53.5 Å². The molecule has 146 valence electrons. The number of hydrogen-bond acceptors (Lipinski definition) is 4. The highest BCUT2D eigenvalue weighted by molar-refractivity contribution is 14.0. The second kappa shape index (κ2) is 11.9.